The normalized spacial score (nSPS) is 31.5. The first-order valence-electron chi connectivity index (χ1n) is 3.41. The Morgan fingerprint density at radius 2 is 2.17 bits per heavy atom. The van der Waals surface area contributed by atoms with Gasteiger partial charge in [-0.1, -0.05) is 12.2 Å². The molecule has 6 heteroatoms. The van der Waals surface area contributed by atoms with Crippen molar-refractivity contribution in [2.45, 2.75) is 25.3 Å². The van der Waals surface area contributed by atoms with Crippen molar-refractivity contribution in [1.82, 2.24) is 5.32 Å². The second kappa shape index (κ2) is 3.18. The van der Waals surface area contributed by atoms with Gasteiger partial charge in [0.15, 0.2) is 6.10 Å². The van der Waals surface area contributed by atoms with Gasteiger partial charge in [-0.3, -0.25) is 0 Å². The van der Waals surface area contributed by atoms with Gasteiger partial charge in [0.2, 0.25) is 0 Å². The summed E-state index contributed by atoms with van der Waals surface area (Å²) in [4.78, 5) is 0.329. The molecular weight excluding hydrogens is 191 g/mol. The fourth-order valence-corrected chi connectivity index (χ4v) is 1.03. The van der Waals surface area contributed by atoms with Gasteiger partial charge in [-0.2, -0.15) is 13.2 Å². The molecule has 1 heterocycles. The predicted molar refractivity (Wildman–Crippen MR) is 41.0 cm³/mol. The second-order valence-electron chi connectivity index (χ2n) is 2.55. The summed E-state index contributed by atoms with van der Waals surface area (Å²) in [6, 6.07) is 0. The summed E-state index contributed by atoms with van der Waals surface area (Å²) in [7, 11) is 0. The lowest BCUT2D eigenvalue weighted by Gasteiger charge is -2.30. The molecule has 0 radical (unpaired) electrons. The lowest BCUT2D eigenvalue weighted by atomic mass is 10.2. The zero-order valence-corrected chi connectivity index (χ0v) is 7.13. The smallest absolute Gasteiger partial charge is 0.375 e. The highest BCUT2D eigenvalue weighted by molar-refractivity contribution is 7.80. The summed E-state index contributed by atoms with van der Waals surface area (Å²) >= 11 is 4.70. The van der Waals surface area contributed by atoms with Crippen LogP contribution in [0.2, 0.25) is 0 Å². The van der Waals surface area contributed by atoms with Gasteiger partial charge < -0.3 is 10.1 Å². The van der Waals surface area contributed by atoms with Crippen LogP contribution in [0.25, 0.3) is 0 Å². The molecule has 1 aliphatic rings. The molecule has 1 N–H and O–H groups in total. The third-order valence-corrected chi connectivity index (χ3v) is 2.04. The van der Waals surface area contributed by atoms with Crippen molar-refractivity contribution in [3.8, 4) is 0 Å². The number of hydrogen-bond donors (Lipinski definition) is 1. The monoisotopic (exact) mass is 199 g/mol. The van der Waals surface area contributed by atoms with Crippen molar-refractivity contribution in [3.05, 3.63) is 0 Å². The highest BCUT2D eigenvalue weighted by Crippen LogP contribution is 2.25. The minimum absolute atomic E-state index is 0.285. The van der Waals surface area contributed by atoms with Gasteiger partial charge in [-0.25, -0.2) is 0 Å². The quantitative estimate of drug-likeness (QED) is 0.593. The number of thiocarbonyl (C=S) groups is 1. The molecule has 0 saturated carbocycles. The molecule has 0 spiro atoms. The molecular formula is C6H8F3NOS. The third kappa shape index (κ3) is 2.07. The van der Waals surface area contributed by atoms with Gasteiger partial charge in [0.05, 0.1) is 6.54 Å². The number of halogens is 3. The first kappa shape index (κ1) is 9.73. The Morgan fingerprint density at radius 3 is 2.58 bits per heavy atom. The summed E-state index contributed by atoms with van der Waals surface area (Å²) in [5.74, 6) is 0. The minimum atomic E-state index is -4.31. The number of alkyl halides is 3. The van der Waals surface area contributed by atoms with Crippen LogP contribution < -0.4 is 5.32 Å². The number of morpholine rings is 1. The van der Waals surface area contributed by atoms with Crippen LogP contribution in [-0.2, 0) is 4.74 Å². The van der Waals surface area contributed by atoms with E-state index in [0.717, 1.165) is 0 Å². The highest BCUT2D eigenvalue weighted by Gasteiger charge is 2.43. The van der Waals surface area contributed by atoms with E-state index < -0.39 is 18.4 Å². The van der Waals surface area contributed by atoms with Crippen molar-refractivity contribution in [1.29, 1.82) is 0 Å². The number of hydrogen-bond acceptors (Lipinski definition) is 2. The van der Waals surface area contributed by atoms with Gasteiger partial charge in [0, 0.05) is 0 Å². The summed E-state index contributed by atoms with van der Waals surface area (Å²) in [6.45, 7) is 1.21. The van der Waals surface area contributed by atoms with Crippen LogP contribution in [0.1, 0.15) is 6.92 Å². The fraction of sp³-hybridized carbons (Fsp3) is 0.833. The first-order valence-corrected chi connectivity index (χ1v) is 3.82. The Bertz CT molecular complexity index is 194. The molecule has 0 aliphatic carbocycles. The average Bonchev–Trinajstić information content (AvgIpc) is 1.92. The van der Waals surface area contributed by atoms with Crippen LogP contribution in [0.3, 0.4) is 0 Å². The van der Waals surface area contributed by atoms with E-state index >= 15 is 0 Å². The van der Waals surface area contributed by atoms with Gasteiger partial charge >= 0.3 is 6.18 Å². The zero-order valence-electron chi connectivity index (χ0n) is 6.31. The Hall–Kier alpha value is -0.360. The Kier molecular flexibility index (Phi) is 2.58. The fourth-order valence-electron chi connectivity index (χ4n) is 0.886. The lowest BCUT2D eigenvalue weighted by molar-refractivity contribution is -0.226. The molecule has 2 atom stereocenters. The summed E-state index contributed by atoms with van der Waals surface area (Å²) < 4.78 is 40.7. The average molecular weight is 199 g/mol. The molecule has 1 saturated heterocycles. The van der Waals surface area contributed by atoms with Gasteiger partial charge in [-0.15, -0.1) is 0 Å². The molecule has 1 fully saturated rings. The SMILES string of the molecule is C[C@H]1O[C@@H](C(F)(F)F)CNC1=S. The molecule has 0 bridgehead atoms. The highest BCUT2D eigenvalue weighted by atomic mass is 32.1. The van der Waals surface area contributed by atoms with E-state index in [9.17, 15) is 13.2 Å². The van der Waals surface area contributed by atoms with E-state index in [1.807, 2.05) is 0 Å². The molecule has 1 aliphatic heterocycles. The van der Waals surface area contributed by atoms with E-state index in [4.69, 9.17) is 12.2 Å². The standard InChI is InChI=1S/C6H8F3NOS/c1-3-5(12)10-2-4(11-3)6(7,8)9/h3-4H,2H2,1H3,(H,10,12)/t3-,4-/m1/s1. The molecule has 1 rings (SSSR count). The molecule has 0 aromatic heterocycles. The second-order valence-corrected chi connectivity index (χ2v) is 2.99. The largest absolute Gasteiger partial charge is 0.416 e. The molecule has 70 valence electrons. The number of nitrogens with one attached hydrogen (secondary N) is 1. The summed E-state index contributed by atoms with van der Waals surface area (Å²) in [5, 5.41) is 2.47. The summed E-state index contributed by atoms with van der Waals surface area (Å²) in [5.41, 5.74) is 0. The van der Waals surface area contributed by atoms with Crippen LogP contribution in [0.4, 0.5) is 13.2 Å². The maximum Gasteiger partial charge on any atom is 0.416 e. The molecule has 0 aromatic carbocycles. The maximum atomic E-state index is 12.0. The predicted octanol–water partition coefficient (Wildman–Crippen LogP) is 1.25. The minimum Gasteiger partial charge on any atom is -0.375 e. The van der Waals surface area contributed by atoms with Crippen molar-refractivity contribution in [3.63, 3.8) is 0 Å². The Morgan fingerprint density at radius 1 is 1.58 bits per heavy atom. The van der Waals surface area contributed by atoms with Crippen molar-refractivity contribution >= 4 is 17.2 Å². The van der Waals surface area contributed by atoms with E-state index in [0.29, 0.717) is 4.99 Å². The van der Waals surface area contributed by atoms with E-state index in [1.165, 1.54) is 6.92 Å². The summed E-state index contributed by atoms with van der Waals surface area (Å²) in [6.07, 6.45) is -6.70. The van der Waals surface area contributed by atoms with Crippen LogP contribution in [-0.4, -0.2) is 29.9 Å². The van der Waals surface area contributed by atoms with E-state index in [1.54, 1.807) is 0 Å². The molecule has 0 aromatic rings. The van der Waals surface area contributed by atoms with Crippen molar-refractivity contribution < 1.29 is 17.9 Å². The van der Waals surface area contributed by atoms with Crippen LogP contribution >= 0.6 is 12.2 Å². The molecule has 12 heavy (non-hydrogen) atoms. The van der Waals surface area contributed by atoms with Crippen molar-refractivity contribution in [2.24, 2.45) is 0 Å². The Balaban J connectivity index is 2.57. The van der Waals surface area contributed by atoms with Crippen LogP contribution in [0.15, 0.2) is 0 Å². The topological polar surface area (TPSA) is 21.3 Å². The van der Waals surface area contributed by atoms with Crippen LogP contribution in [0.5, 0.6) is 0 Å². The van der Waals surface area contributed by atoms with E-state index in [2.05, 4.69) is 10.1 Å². The molecule has 2 nitrogen and oxygen atoms in total. The molecule has 0 amide bonds. The lowest BCUT2D eigenvalue weighted by Crippen LogP contribution is -2.52. The van der Waals surface area contributed by atoms with Crippen molar-refractivity contribution in [2.75, 3.05) is 6.54 Å². The number of ether oxygens (including phenoxy) is 1. The van der Waals surface area contributed by atoms with Gasteiger partial charge in [-0.05, 0) is 6.92 Å². The van der Waals surface area contributed by atoms with Crippen LogP contribution in [0, 0.1) is 0 Å². The number of rotatable bonds is 0. The third-order valence-electron chi connectivity index (χ3n) is 1.56. The van der Waals surface area contributed by atoms with Gasteiger partial charge in [0.1, 0.15) is 11.1 Å². The van der Waals surface area contributed by atoms with E-state index in [-0.39, 0.29) is 6.54 Å². The first-order chi connectivity index (χ1) is 5.41. The van der Waals surface area contributed by atoms with Gasteiger partial charge in [0.25, 0.3) is 0 Å². The maximum absolute atomic E-state index is 12.0. The Labute approximate surface area is 73.1 Å². The zero-order chi connectivity index (χ0) is 9.35. The molecule has 0 unspecified atom stereocenters.